The van der Waals surface area contributed by atoms with Gasteiger partial charge in [-0.25, -0.2) is 4.99 Å². The van der Waals surface area contributed by atoms with E-state index < -0.39 is 0 Å². The van der Waals surface area contributed by atoms with Gasteiger partial charge >= 0.3 is 0 Å². The van der Waals surface area contributed by atoms with Crippen LogP contribution < -0.4 is 10.6 Å². The molecule has 0 radical (unpaired) electrons. The van der Waals surface area contributed by atoms with Gasteiger partial charge in [0.2, 0.25) is 0 Å². The Morgan fingerprint density at radius 1 is 1.20 bits per heavy atom. The molecule has 0 bridgehead atoms. The van der Waals surface area contributed by atoms with Gasteiger partial charge in [-0.05, 0) is 13.0 Å². The first-order valence-corrected chi connectivity index (χ1v) is 8.26. The second kappa shape index (κ2) is 8.14. The third-order valence-electron chi connectivity index (χ3n) is 3.72. The van der Waals surface area contributed by atoms with Crippen molar-refractivity contribution < 1.29 is 4.52 Å². The highest BCUT2D eigenvalue weighted by Gasteiger charge is 2.07. The van der Waals surface area contributed by atoms with Gasteiger partial charge in [0.15, 0.2) is 11.7 Å². The molecule has 0 fully saturated rings. The summed E-state index contributed by atoms with van der Waals surface area (Å²) in [5.41, 5.74) is 2.88. The molecule has 1 aromatic carbocycles. The molecule has 7 heteroatoms. The van der Waals surface area contributed by atoms with Gasteiger partial charge in [-0.2, -0.15) is 5.10 Å². The van der Waals surface area contributed by atoms with Crippen LogP contribution in [0.25, 0.3) is 11.3 Å². The maximum absolute atomic E-state index is 5.41. The van der Waals surface area contributed by atoms with Gasteiger partial charge in [0.25, 0.3) is 0 Å². The van der Waals surface area contributed by atoms with E-state index in [1.807, 2.05) is 61.1 Å². The molecule has 0 saturated carbocycles. The summed E-state index contributed by atoms with van der Waals surface area (Å²) in [7, 11) is 1.92. The average Bonchev–Trinajstić information content (AvgIpc) is 3.27. The quantitative estimate of drug-likeness (QED) is 0.533. The lowest BCUT2D eigenvalue weighted by molar-refractivity contribution is 0.424. The van der Waals surface area contributed by atoms with E-state index in [-0.39, 0.29) is 0 Å². The zero-order chi connectivity index (χ0) is 17.5. The van der Waals surface area contributed by atoms with Crippen molar-refractivity contribution in [2.24, 2.45) is 12.0 Å². The van der Waals surface area contributed by atoms with Gasteiger partial charge in [-0.3, -0.25) is 4.68 Å². The number of hydrogen-bond acceptors (Lipinski definition) is 4. The molecule has 2 N–H and O–H groups in total. The first-order chi connectivity index (χ1) is 12.3. The van der Waals surface area contributed by atoms with E-state index in [1.165, 1.54) is 0 Å². The summed E-state index contributed by atoms with van der Waals surface area (Å²) in [6.45, 7) is 3.91. The molecule has 0 aliphatic carbocycles. The van der Waals surface area contributed by atoms with Gasteiger partial charge in [0.05, 0.1) is 18.8 Å². The maximum atomic E-state index is 5.41. The number of aliphatic imine (C=N–C) groups is 1. The second-order valence-corrected chi connectivity index (χ2v) is 5.54. The van der Waals surface area contributed by atoms with E-state index in [1.54, 1.807) is 6.20 Å². The highest BCUT2D eigenvalue weighted by molar-refractivity contribution is 5.79. The molecule has 3 aromatic rings. The number of benzene rings is 1. The summed E-state index contributed by atoms with van der Waals surface area (Å²) in [6, 6.07) is 13.8. The molecule has 0 unspecified atom stereocenters. The van der Waals surface area contributed by atoms with Crippen molar-refractivity contribution in [3.63, 3.8) is 0 Å². The van der Waals surface area contributed by atoms with Crippen molar-refractivity contribution in [3.05, 3.63) is 60.0 Å². The van der Waals surface area contributed by atoms with E-state index in [0.29, 0.717) is 13.1 Å². The summed E-state index contributed by atoms with van der Waals surface area (Å²) in [5, 5.41) is 14.8. The first kappa shape index (κ1) is 16.8. The molecule has 2 heterocycles. The Morgan fingerprint density at radius 3 is 2.76 bits per heavy atom. The second-order valence-electron chi connectivity index (χ2n) is 5.54. The molecule has 0 amide bonds. The van der Waals surface area contributed by atoms with Gasteiger partial charge in [-0.15, -0.1) is 0 Å². The Morgan fingerprint density at radius 2 is 2.04 bits per heavy atom. The average molecular weight is 338 g/mol. The van der Waals surface area contributed by atoms with Crippen LogP contribution in [0, 0.1) is 0 Å². The number of aryl methyl sites for hydroxylation is 1. The molecule has 7 nitrogen and oxygen atoms in total. The van der Waals surface area contributed by atoms with Crippen LogP contribution >= 0.6 is 0 Å². The van der Waals surface area contributed by atoms with Gasteiger partial charge < -0.3 is 15.2 Å². The van der Waals surface area contributed by atoms with Crippen LogP contribution in [0.4, 0.5) is 0 Å². The highest BCUT2D eigenvalue weighted by atomic mass is 16.5. The summed E-state index contributed by atoms with van der Waals surface area (Å²) in [6.07, 6.45) is 1.78. The van der Waals surface area contributed by atoms with Crippen LogP contribution in [0.1, 0.15) is 18.3 Å². The summed E-state index contributed by atoms with van der Waals surface area (Å²) in [4.78, 5) is 4.56. The standard InChI is InChI=1S/C18H22N6O/c1-3-19-18(21-13-16-9-10-22-24(16)2)20-12-15-11-17(25-23-15)14-7-5-4-6-8-14/h4-11H,3,12-13H2,1-2H3,(H2,19,20,21). The Balaban J connectivity index is 1.63. The molecule has 0 spiro atoms. The first-order valence-electron chi connectivity index (χ1n) is 8.26. The minimum Gasteiger partial charge on any atom is -0.357 e. The lowest BCUT2D eigenvalue weighted by Gasteiger charge is -2.10. The molecular weight excluding hydrogens is 316 g/mol. The molecule has 130 valence electrons. The molecule has 0 atom stereocenters. The third-order valence-corrected chi connectivity index (χ3v) is 3.72. The lowest BCUT2D eigenvalue weighted by Crippen LogP contribution is -2.37. The van der Waals surface area contributed by atoms with Crippen LogP contribution in [0.2, 0.25) is 0 Å². The number of nitrogens with zero attached hydrogens (tertiary/aromatic N) is 4. The van der Waals surface area contributed by atoms with Crippen molar-refractivity contribution in [2.45, 2.75) is 20.0 Å². The monoisotopic (exact) mass is 338 g/mol. The normalized spacial score (nSPS) is 11.5. The van der Waals surface area contributed by atoms with Gasteiger partial charge in [0, 0.05) is 31.4 Å². The van der Waals surface area contributed by atoms with E-state index in [4.69, 9.17) is 4.52 Å². The minimum absolute atomic E-state index is 0.442. The summed E-state index contributed by atoms with van der Waals surface area (Å²) >= 11 is 0. The predicted octanol–water partition coefficient (Wildman–Crippen LogP) is 2.33. The van der Waals surface area contributed by atoms with Crippen LogP contribution in [0.3, 0.4) is 0 Å². The molecule has 3 rings (SSSR count). The molecule has 25 heavy (non-hydrogen) atoms. The van der Waals surface area contributed by atoms with Crippen molar-refractivity contribution in [3.8, 4) is 11.3 Å². The van der Waals surface area contributed by atoms with Crippen LogP contribution in [-0.2, 0) is 20.1 Å². The fourth-order valence-electron chi connectivity index (χ4n) is 2.38. The molecule has 0 aliphatic heterocycles. The smallest absolute Gasteiger partial charge is 0.191 e. The van der Waals surface area contributed by atoms with Crippen LogP contribution in [0.5, 0.6) is 0 Å². The van der Waals surface area contributed by atoms with E-state index in [0.717, 1.165) is 35.2 Å². The Labute approximate surface area is 146 Å². The largest absolute Gasteiger partial charge is 0.357 e. The predicted molar refractivity (Wildman–Crippen MR) is 96.8 cm³/mol. The minimum atomic E-state index is 0.442. The summed E-state index contributed by atoms with van der Waals surface area (Å²) in [5.74, 6) is 1.48. The SMILES string of the molecule is CCNC(=NCc1cc(-c2ccccc2)on1)NCc1ccnn1C. The Kier molecular flexibility index (Phi) is 5.46. The number of hydrogen-bond donors (Lipinski definition) is 2. The van der Waals surface area contributed by atoms with Gasteiger partial charge in [-0.1, -0.05) is 35.5 Å². The molecule has 0 saturated heterocycles. The lowest BCUT2D eigenvalue weighted by atomic mass is 10.2. The zero-order valence-electron chi connectivity index (χ0n) is 14.4. The van der Waals surface area contributed by atoms with Gasteiger partial charge in [0.1, 0.15) is 5.69 Å². The van der Waals surface area contributed by atoms with E-state index >= 15 is 0 Å². The van der Waals surface area contributed by atoms with Crippen LogP contribution in [0.15, 0.2) is 58.2 Å². The number of aromatic nitrogens is 3. The van der Waals surface area contributed by atoms with Crippen molar-refractivity contribution in [1.29, 1.82) is 0 Å². The maximum Gasteiger partial charge on any atom is 0.191 e. The van der Waals surface area contributed by atoms with Crippen LogP contribution in [-0.4, -0.2) is 27.4 Å². The van der Waals surface area contributed by atoms with E-state index in [2.05, 4.69) is 25.9 Å². The van der Waals surface area contributed by atoms with Crippen molar-refractivity contribution in [1.82, 2.24) is 25.6 Å². The molecule has 0 aliphatic rings. The molecule has 2 aromatic heterocycles. The third kappa shape index (κ3) is 4.47. The number of nitrogens with one attached hydrogen (secondary N) is 2. The number of rotatable bonds is 6. The number of guanidine groups is 1. The fraction of sp³-hybridized carbons (Fsp3) is 0.278. The zero-order valence-corrected chi connectivity index (χ0v) is 14.4. The summed E-state index contributed by atoms with van der Waals surface area (Å²) < 4.78 is 7.24. The highest BCUT2D eigenvalue weighted by Crippen LogP contribution is 2.19. The topological polar surface area (TPSA) is 80.3 Å². The Hall–Kier alpha value is -3.09. The van der Waals surface area contributed by atoms with Crippen molar-refractivity contribution in [2.75, 3.05) is 6.54 Å². The Bertz CT molecular complexity index is 821. The fourth-order valence-corrected chi connectivity index (χ4v) is 2.38. The molecular formula is C18H22N6O. The van der Waals surface area contributed by atoms with Crippen molar-refractivity contribution >= 4 is 5.96 Å². The van der Waals surface area contributed by atoms with E-state index in [9.17, 15) is 0 Å².